The summed E-state index contributed by atoms with van der Waals surface area (Å²) < 4.78 is 5.87. The molecule has 0 heterocycles. The Bertz CT molecular complexity index is 335. The zero-order chi connectivity index (χ0) is 13.4. The summed E-state index contributed by atoms with van der Waals surface area (Å²) >= 11 is 0. The quantitative estimate of drug-likeness (QED) is 0.702. The van der Waals surface area contributed by atoms with Gasteiger partial charge in [0.05, 0.1) is 13.2 Å². The van der Waals surface area contributed by atoms with E-state index in [0.717, 1.165) is 35.5 Å². The van der Waals surface area contributed by atoms with E-state index in [4.69, 9.17) is 9.84 Å². The average molecular weight is 250 g/mol. The Hall–Kier alpha value is -1.02. The molecule has 2 nitrogen and oxygen atoms in total. The molecule has 102 valence electrons. The predicted molar refractivity (Wildman–Crippen MR) is 76.1 cm³/mol. The molecule has 2 heteroatoms. The monoisotopic (exact) mass is 250 g/mol. The highest BCUT2D eigenvalue weighted by molar-refractivity contribution is 5.43. The number of rotatable bonds is 8. The summed E-state index contributed by atoms with van der Waals surface area (Å²) in [6.45, 7) is 7.20. The minimum absolute atomic E-state index is 0.0962. The minimum Gasteiger partial charge on any atom is -0.493 e. The number of aryl methyl sites for hydroxylation is 2. The van der Waals surface area contributed by atoms with Gasteiger partial charge < -0.3 is 9.84 Å². The lowest BCUT2D eigenvalue weighted by atomic mass is 10.1. The summed E-state index contributed by atoms with van der Waals surface area (Å²) in [5, 5.41) is 9.13. The predicted octanol–water partition coefficient (Wildman–Crippen LogP) is 4.14. The van der Waals surface area contributed by atoms with Crippen molar-refractivity contribution >= 4 is 0 Å². The van der Waals surface area contributed by atoms with E-state index in [0.29, 0.717) is 0 Å². The van der Waals surface area contributed by atoms with E-state index in [-0.39, 0.29) is 6.61 Å². The van der Waals surface area contributed by atoms with Crippen LogP contribution >= 0.6 is 0 Å². The van der Waals surface area contributed by atoms with Crippen molar-refractivity contribution in [2.75, 3.05) is 6.61 Å². The van der Waals surface area contributed by atoms with Crippen molar-refractivity contribution in [2.45, 2.75) is 59.5 Å². The molecule has 1 aromatic rings. The first-order valence-corrected chi connectivity index (χ1v) is 7.02. The molecule has 0 aliphatic rings. The highest BCUT2D eigenvalue weighted by Gasteiger charge is 2.05. The Kier molecular flexibility index (Phi) is 6.81. The van der Waals surface area contributed by atoms with Crippen molar-refractivity contribution < 1.29 is 9.84 Å². The summed E-state index contributed by atoms with van der Waals surface area (Å²) in [5.41, 5.74) is 3.19. The molecule has 0 spiro atoms. The SMILES string of the molecule is CCCCCCCOc1c(C)cc(CO)cc1C. The molecule has 0 amide bonds. The van der Waals surface area contributed by atoms with Crippen molar-refractivity contribution in [1.82, 2.24) is 0 Å². The van der Waals surface area contributed by atoms with Crippen molar-refractivity contribution in [1.29, 1.82) is 0 Å². The van der Waals surface area contributed by atoms with E-state index >= 15 is 0 Å². The van der Waals surface area contributed by atoms with Gasteiger partial charge in [-0.1, -0.05) is 44.7 Å². The first-order valence-electron chi connectivity index (χ1n) is 7.02. The van der Waals surface area contributed by atoms with E-state index in [2.05, 4.69) is 6.92 Å². The molecule has 0 radical (unpaired) electrons. The summed E-state index contributed by atoms with van der Waals surface area (Å²) in [5.74, 6) is 0.989. The van der Waals surface area contributed by atoms with Crippen LogP contribution in [0.5, 0.6) is 5.75 Å². The van der Waals surface area contributed by atoms with E-state index in [1.807, 2.05) is 26.0 Å². The fraction of sp³-hybridized carbons (Fsp3) is 0.625. The number of aliphatic hydroxyl groups excluding tert-OH is 1. The topological polar surface area (TPSA) is 29.5 Å². The number of ether oxygens (including phenoxy) is 1. The molecule has 0 saturated carbocycles. The third-order valence-electron chi connectivity index (χ3n) is 3.20. The highest BCUT2D eigenvalue weighted by atomic mass is 16.5. The van der Waals surface area contributed by atoms with Crippen LogP contribution in [0.1, 0.15) is 55.7 Å². The number of benzene rings is 1. The number of hydrogen-bond donors (Lipinski definition) is 1. The second-order valence-electron chi connectivity index (χ2n) is 4.98. The number of hydrogen-bond acceptors (Lipinski definition) is 2. The Balaban J connectivity index is 2.42. The van der Waals surface area contributed by atoms with Gasteiger partial charge in [0.25, 0.3) is 0 Å². The van der Waals surface area contributed by atoms with E-state index in [9.17, 15) is 0 Å². The maximum Gasteiger partial charge on any atom is 0.125 e. The third kappa shape index (κ3) is 4.69. The standard InChI is InChI=1S/C16H26O2/c1-4-5-6-7-8-9-18-16-13(2)10-15(12-17)11-14(16)3/h10-11,17H,4-9,12H2,1-3H3. The van der Waals surface area contributed by atoms with E-state index in [1.54, 1.807) is 0 Å². The smallest absolute Gasteiger partial charge is 0.125 e. The second-order valence-corrected chi connectivity index (χ2v) is 4.98. The molecule has 0 bridgehead atoms. The third-order valence-corrected chi connectivity index (χ3v) is 3.20. The molecule has 0 atom stereocenters. The van der Waals surface area contributed by atoms with Crippen LogP contribution in [0.3, 0.4) is 0 Å². The Morgan fingerprint density at radius 3 is 2.17 bits per heavy atom. The van der Waals surface area contributed by atoms with Crippen molar-refractivity contribution in [3.8, 4) is 5.75 Å². The minimum atomic E-state index is 0.0962. The summed E-state index contributed by atoms with van der Waals surface area (Å²) in [7, 11) is 0. The lowest BCUT2D eigenvalue weighted by molar-refractivity contribution is 0.280. The van der Waals surface area contributed by atoms with Gasteiger partial charge in [-0.05, 0) is 37.0 Å². The summed E-state index contributed by atoms with van der Waals surface area (Å²) in [6.07, 6.45) is 6.29. The van der Waals surface area contributed by atoms with Gasteiger partial charge in [-0.3, -0.25) is 0 Å². The molecule has 0 unspecified atom stereocenters. The van der Waals surface area contributed by atoms with Crippen molar-refractivity contribution in [2.24, 2.45) is 0 Å². The van der Waals surface area contributed by atoms with Gasteiger partial charge in [0, 0.05) is 0 Å². The second kappa shape index (κ2) is 8.15. The molecule has 0 aromatic heterocycles. The number of unbranched alkanes of at least 4 members (excludes halogenated alkanes) is 4. The number of aliphatic hydroxyl groups is 1. The average Bonchev–Trinajstić information content (AvgIpc) is 2.35. The highest BCUT2D eigenvalue weighted by Crippen LogP contribution is 2.25. The maximum absolute atomic E-state index is 9.13. The van der Waals surface area contributed by atoms with Crippen LogP contribution in [-0.2, 0) is 6.61 Å². The molecule has 1 N–H and O–H groups in total. The molecule has 0 aliphatic carbocycles. The van der Waals surface area contributed by atoms with Gasteiger partial charge in [0.15, 0.2) is 0 Å². The van der Waals surface area contributed by atoms with Crippen LogP contribution in [0.2, 0.25) is 0 Å². The fourth-order valence-electron chi connectivity index (χ4n) is 2.24. The van der Waals surface area contributed by atoms with Gasteiger partial charge in [-0.15, -0.1) is 0 Å². The Labute approximate surface area is 111 Å². The van der Waals surface area contributed by atoms with Crippen LogP contribution in [-0.4, -0.2) is 11.7 Å². The van der Waals surface area contributed by atoms with Crippen molar-refractivity contribution in [3.63, 3.8) is 0 Å². The van der Waals surface area contributed by atoms with Crippen LogP contribution in [0.15, 0.2) is 12.1 Å². The lowest BCUT2D eigenvalue weighted by Gasteiger charge is -2.13. The van der Waals surface area contributed by atoms with Gasteiger partial charge in [0.1, 0.15) is 5.75 Å². The maximum atomic E-state index is 9.13. The van der Waals surface area contributed by atoms with Gasteiger partial charge in [-0.2, -0.15) is 0 Å². The summed E-state index contributed by atoms with van der Waals surface area (Å²) in [6, 6.07) is 4.00. The normalized spacial score (nSPS) is 10.7. The zero-order valence-corrected chi connectivity index (χ0v) is 12.0. The molecule has 0 aliphatic heterocycles. The van der Waals surface area contributed by atoms with Crippen LogP contribution < -0.4 is 4.74 Å². The molecule has 1 aromatic carbocycles. The lowest BCUT2D eigenvalue weighted by Crippen LogP contribution is -2.01. The van der Waals surface area contributed by atoms with Crippen LogP contribution in [0.25, 0.3) is 0 Å². The molecule has 1 rings (SSSR count). The molecule has 18 heavy (non-hydrogen) atoms. The van der Waals surface area contributed by atoms with Gasteiger partial charge in [-0.25, -0.2) is 0 Å². The first-order chi connectivity index (χ1) is 8.69. The van der Waals surface area contributed by atoms with Crippen molar-refractivity contribution in [3.05, 3.63) is 28.8 Å². The zero-order valence-electron chi connectivity index (χ0n) is 12.0. The van der Waals surface area contributed by atoms with Gasteiger partial charge in [0.2, 0.25) is 0 Å². The van der Waals surface area contributed by atoms with E-state index in [1.165, 1.54) is 25.7 Å². The van der Waals surface area contributed by atoms with Crippen LogP contribution in [0, 0.1) is 13.8 Å². The van der Waals surface area contributed by atoms with Gasteiger partial charge >= 0.3 is 0 Å². The first kappa shape index (κ1) is 15.0. The molecule has 0 saturated heterocycles. The summed E-state index contributed by atoms with van der Waals surface area (Å²) in [4.78, 5) is 0. The van der Waals surface area contributed by atoms with Crippen LogP contribution in [0.4, 0.5) is 0 Å². The Morgan fingerprint density at radius 1 is 1.00 bits per heavy atom. The largest absolute Gasteiger partial charge is 0.493 e. The Morgan fingerprint density at radius 2 is 1.61 bits per heavy atom. The molecule has 0 fully saturated rings. The fourth-order valence-corrected chi connectivity index (χ4v) is 2.24. The molecular weight excluding hydrogens is 224 g/mol. The molecular formula is C16H26O2. The van der Waals surface area contributed by atoms with E-state index < -0.39 is 0 Å².